The average Bonchev–Trinajstić information content (AvgIpc) is 3.96. The van der Waals surface area contributed by atoms with Crippen molar-refractivity contribution in [1.29, 1.82) is 0 Å². The SMILES string of the molecule is CC(C)(C)OC(=O)N[C@H]1CCCCC/C=C\C2C[C@@]2(C(=O)NS(=O)(=O)C2CC2)NC(=O)[C@@H]2C[C@@H](Oc3ccnc4ccccc34)CN2C1=O. The molecule has 3 fully saturated rings. The molecule has 4 aliphatic rings. The number of hydrogen-bond acceptors (Lipinski definition) is 9. The van der Waals surface area contributed by atoms with Crippen LogP contribution in [0.4, 0.5) is 4.79 Å². The van der Waals surface area contributed by atoms with Gasteiger partial charge in [0.25, 0.3) is 5.91 Å². The molecule has 5 atom stereocenters. The number of allylic oxidation sites excluding steroid dienone is 1. The van der Waals surface area contributed by atoms with Gasteiger partial charge in [0.15, 0.2) is 0 Å². The second kappa shape index (κ2) is 13.6. The van der Waals surface area contributed by atoms with Gasteiger partial charge in [0, 0.05) is 23.9 Å². The predicted octanol–water partition coefficient (Wildman–Crippen LogP) is 3.48. The Morgan fingerprint density at radius 3 is 2.59 bits per heavy atom. The normalized spacial score (nSPS) is 28.6. The van der Waals surface area contributed by atoms with Gasteiger partial charge in [-0.25, -0.2) is 13.2 Å². The van der Waals surface area contributed by atoms with Gasteiger partial charge in [-0.15, -0.1) is 0 Å². The van der Waals surface area contributed by atoms with Gasteiger partial charge in [-0.3, -0.25) is 24.1 Å². The van der Waals surface area contributed by atoms with Crippen molar-refractivity contribution in [2.24, 2.45) is 5.92 Å². The van der Waals surface area contributed by atoms with Crippen LogP contribution >= 0.6 is 0 Å². The molecule has 49 heavy (non-hydrogen) atoms. The summed E-state index contributed by atoms with van der Waals surface area (Å²) in [7, 11) is -3.87. The molecule has 0 bridgehead atoms. The van der Waals surface area contributed by atoms with Crippen molar-refractivity contribution in [3.05, 3.63) is 48.7 Å². The van der Waals surface area contributed by atoms with Crippen molar-refractivity contribution < 1.29 is 37.1 Å². The minimum Gasteiger partial charge on any atom is -0.488 e. The van der Waals surface area contributed by atoms with E-state index in [1.165, 1.54) is 4.90 Å². The number of amides is 4. The number of alkyl carbamates (subject to hydrolysis) is 1. The number of hydrogen-bond donors (Lipinski definition) is 3. The molecule has 2 saturated carbocycles. The zero-order chi connectivity index (χ0) is 35.0. The third-order valence-corrected chi connectivity index (χ3v) is 11.3. The number of carbonyl (C=O) groups is 4. The van der Waals surface area contributed by atoms with Crippen LogP contribution in [0.2, 0.25) is 0 Å². The maximum atomic E-state index is 14.3. The standard InChI is InChI=1S/C35H45N5O8S/c1-34(2,3)48-33(44)37-27-14-8-6-4-5-7-11-22-20-35(22,32(43)39-49(45,46)24-15-16-24)38-30(41)28-19-23(21-40(28)31(27)42)47-29-17-18-36-26-13-10-9-12-25(26)29/h7,9-13,17-18,22-24,27-28H,4-6,8,14-16,19-21H2,1-3H3,(H,37,44)(H,38,41)(H,39,43)/b11-7-/t22?,23-,27+,28+,35-/m1/s1. The third-order valence-electron chi connectivity index (χ3n) is 9.44. The molecule has 0 radical (unpaired) electrons. The number of aromatic nitrogens is 1. The molecule has 2 aliphatic carbocycles. The second-order valence-corrected chi connectivity index (χ2v) is 16.5. The van der Waals surface area contributed by atoms with Gasteiger partial charge in [-0.05, 0) is 77.5 Å². The van der Waals surface area contributed by atoms with Crippen LogP contribution in [0.1, 0.15) is 78.6 Å². The first-order valence-corrected chi connectivity index (χ1v) is 18.7. The largest absolute Gasteiger partial charge is 0.488 e. The topological polar surface area (TPSA) is 173 Å². The van der Waals surface area contributed by atoms with E-state index in [1.807, 2.05) is 36.4 Å². The lowest BCUT2D eigenvalue weighted by Crippen LogP contribution is -2.58. The lowest BCUT2D eigenvalue weighted by Gasteiger charge is -2.30. The smallest absolute Gasteiger partial charge is 0.408 e. The van der Waals surface area contributed by atoms with Gasteiger partial charge >= 0.3 is 6.09 Å². The first-order valence-electron chi connectivity index (χ1n) is 17.1. The third kappa shape index (κ3) is 8.00. The van der Waals surface area contributed by atoms with Crippen LogP contribution in [0.25, 0.3) is 10.9 Å². The molecule has 264 valence electrons. The summed E-state index contributed by atoms with van der Waals surface area (Å²) in [6.07, 6.45) is 8.67. The van der Waals surface area contributed by atoms with Crippen LogP contribution in [0.3, 0.4) is 0 Å². The summed E-state index contributed by atoms with van der Waals surface area (Å²) in [5.41, 5.74) is -1.53. The maximum absolute atomic E-state index is 14.3. The number of ether oxygens (including phenoxy) is 2. The highest BCUT2D eigenvalue weighted by molar-refractivity contribution is 7.91. The van der Waals surface area contributed by atoms with Crippen molar-refractivity contribution in [2.45, 2.75) is 113 Å². The fraction of sp³-hybridized carbons (Fsp3) is 0.571. The molecule has 2 aliphatic heterocycles. The molecule has 1 aromatic heterocycles. The highest BCUT2D eigenvalue weighted by atomic mass is 32.2. The van der Waals surface area contributed by atoms with Crippen LogP contribution in [-0.4, -0.2) is 83.2 Å². The van der Waals surface area contributed by atoms with Gasteiger partial charge in [-0.1, -0.05) is 37.1 Å². The van der Waals surface area contributed by atoms with Gasteiger partial charge in [0.1, 0.15) is 35.1 Å². The number of rotatable bonds is 6. The highest BCUT2D eigenvalue weighted by Crippen LogP contribution is 2.46. The first-order chi connectivity index (χ1) is 23.3. The van der Waals surface area contributed by atoms with E-state index >= 15 is 0 Å². The molecule has 1 unspecified atom stereocenters. The Bertz CT molecular complexity index is 1750. The maximum Gasteiger partial charge on any atom is 0.408 e. The minimum absolute atomic E-state index is 0.0403. The van der Waals surface area contributed by atoms with E-state index in [0.29, 0.717) is 37.9 Å². The van der Waals surface area contributed by atoms with E-state index in [-0.39, 0.29) is 19.4 Å². The van der Waals surface area contributed by atoms with Crippen molar-refractivity contribution in [3.8, 4) is 5.75 Å². The Balaban J connectivity index is 1.30. The zero-order valence-electron chi connectivity index (χ0n) is 28.1. The highest BCUT2D eigenvalue weighted by Gasteiger charge is 2.62. The monoisotopic (exact) mass is 695 g/mol. The van der Waals surface area contributed by atoms with Crippen molar-refractivity contribution in [3.63, 3.8) is 0 Å². The number of pyridine rings is 1. The quantitative estimate of drug-likeness (QED) is 0.383. The van der Waals surface area contributed by atoms with E-state index in [9.17, 15) is 27.6 Å². The first kappa shape index (κ1) is 34.7. The molecule has 1 saturated heterocycles. The molecule has 3 N–H and O–H groups in total. The number of nitrogens with one attached hydrogen (secondary N) is 3. The molecular weight excluding hydrogens is 650 g/mol. The molecule has 13 nitrogen and oxygen atoms in total. The van der Waals surface area contributed by atoms with Gasteiger partial charge in [0.2, 0.25) is 21.8 Å². The van der Waals surface area contributed by atoms with E-state index in [1.54, 1.807) is 33.0 Å². The number of sulfonamides is 1. The van der Waals surface area contributed by atoms with E-state index < -0.39 is 74.3 Å². The van der Waals surface area contributed by atoms with Crippen LogP contribution in [-0.2, 0) is 29.1 Å². The summed E-state index contributed by atoms with van der Waals surface area (Å²) in [5.74, 6) is -1.70. The Labute approximate surface area is 286 Å². The fourth-order valence-corrected chi connectivity index (χ4v) is 8.01. The number of nitrogens with zero attached hydrogens (tertiary/aromatic N) is 2. The molecule has 1 aromatic carbocycles. The summed E-state index contributed by atoms with van der Waals surface area (Å²) >= 11 is 0. The fourth-order valence-electron chi connectivity index (χ4n) is 6.65. The lowest BCUT2D eigenvalue weighted by atomic mass is 10.0. The lowest BCUT2D eigenvalue weighted by molar-refractivity contribution is -0.141. The summed E-state index contributed by atoms with van der Waals surface area (Å²) in [4.78, 5) is 60.9. The Morgan fingerprint density at radius 2 is 1.84 bits per heavy atom. The number of para-hydroxylation sites is 1. The summed E-state index contributed by atoms with van der Waals surface area (Å²) in [6, 6.07) is 7.17. The van der Waals surface area contributed by atoms with E-state index in [4.69, 9.17) is 9.47 Å². The number of fused-ring (bicyclic) bond motifs is 3. The molecule has 3 heterocycles. The van der Waals surface area contributed by atoms with E-state index in [0.717, 1.165) is 23.7 Å². The van der Waals surface area contributed by atoms with Crippen LogP contribution in [0.15, 0.2) is 48.7 Å². The molecule has 2 aromatic rings. The second-order valence-electron chi connectivity index (χ2n) is 14.5. The average molecular weight is 696 g/mol. The van der Waals surface area contributed by atoms with Gasteiger partial charge in [-0.2, -0.15) is 0 Å². The van der Waals surface area contributed by atoms with Gasteiger partial charge < -0.3 is 25.0 Å². The molecule has 0 spiro atoms. The molecule has 6 rings (SSSR count). The van der Waals surface area contributed by atoms with Crippen molar-refractivity contribution in [2.75, 3.05) is 6.54 Å². The summed E-state index contributed by atoms with van der Waals surface area (Å²) in [5, 5.41) is 5.77. The summed E-state index contributed by atoms with van der Waals surface area (Å²) < 4.78 is 39.6. The minimum atomic E-state index is -3.87. The van der Waals surface area contributed by atoms with Crippen molar-refractivity contribution in [1.82, 2.24) is 25.2 Å². The predicted molar refractivity (Wildman–Crippen MR) is 181 cm³/mol. The Kier molecular flexibility index (Phi) is 9.62. The molecular formula is C35H45N5O8S. The molecule has 4 amide bonds. The van der Waals surface area contributed by atoms with Crippen LogP contribution in [0, 0.1) is 5.92 Å². The number of benzene rings is 1. The molecule has 14 heteroatoms. The van der Waals surface area contributed by atoms with Crippen LogP contribution in [0.5, 0.6) is 5.75 Å². The Morgan fingerprint density at radius 1 is 1.06 bits per heavy atom. The van der Waals surface area contributed by atoms with Crippen molar-refractivity contribution >= 4 is 44.7 Å². The van der Waals surface area contributed by atoms with Gasteiger partial charge in [0.05, 0.1) is 17.3 Å². The van der Waals surface area contributed by atoms with Crippen LogP contribution < -0.4 is 20.1 Å². The number of carbonyl (C=O) groups excluding carboxylic acids is 4. The Hall–Kier alpha value is -4.20. The summed E-state index contributed by atoms with van der Waals surface area (Å²) in [6.45, 7) is 5.24. The zero-order valence-corrected chi connectivity index (χ0v) is 29.0. The van der Waals surface area contributed by atoms with E-state index in [2.05, 4.69) is 20.3 Å².